The molecule has 2 rings (SSSR count). The van der Waals surface area contributed by atoms with Gasteiger partial charge in [0.05, 0.1) is 5.88 Å². The number of rotatable bonds is 5. The Balaban J connectivity index is 2.07. The highest BCUT2D eigenvalue weighted by atomic mass is 35.5. The molecule has 0 aromatic carbocycles. The summed E-state index contributed by atoms with van der Waals surface area (Å²) in [5.41, 5.74) is 2.99. The summed E-state index contributed by atoms with van der Waals surface area (Å²) in [5, 5.41) is 0. The number of hydrogen-bond acceptors (Lipinski definition) is 2. The fourth-order valence-electron chi connectivity index (χ4n) is 2.75. The van der Waals surface area contributed by atoms with Crippen LogP contribution >= 0.6 is 11.6 Å². The molecule has 0 saturated carbocycles. The van der Waals surface area contributed by atoms with E-state index < -0.39 is 0 Å². The molecule has 1 fully saturated rings. The van der Waals surface area contributed by atoms with Gasteiger partial charge in [0.1, 0.15) is 0 Å². The van der Waals surface area contributed by atoms with Gasteiger partial charge in [-0.1, -0.05) is 0 Å². The van der Waals surface area contributed by atoms with E-state index in [0.29, 0.717) is 0 Å². The highest BCUT2D eigenvalue weighted by molar-refractivity contribution is 6.30. The van der Waals surface area contributed by atoms with Crippen LogP contribution in [0.15, 0.2) is 6.07 Å². The van der Waals surface area contributed by atoms with Crippen molar-refractivity contribution in [2.75, 3.05) is 25.5 Å². The lowest BCUT2D eigenvalue weighted by Gasteiger charge is -2.17. The Morgan fingerprint density at radius 3 is 2.56 bits per heavy atom. The van der Waals surface area contributed by atoms with Gasteiger partial charge in [-0.3, -0.25) is 4.79 Å². The lowest BCUT2D eigenvalue weighted by Crippen LogP contribution is -2.24. The van der Waals surface area contributed by atoms with E-state index in [1.54, 1.807) is 0 Å². The smallest absolute Gasteiger partial charge is 0.179 e. The van der Waals surface area contributed by atoms with Crippen LogP contribution in [0.3, 0.4) is 0 Å². The molecule has 18 heavy (non-hydrogen) atoms. The molecule has 0 amide bonds. The molecule has 1 aliphatic rings. The highest BCUT2D eigenvalue weighted by Gasteiger charge is 2.16. The second kappa shape index (κ2) is 5.89. The number of aromatic nitrogens is 1. The number of ketones is 1. The van der Waals surface area contributed by atoms with Crippen molar-refractivity contribution in [3.63, 3.8) is 0 Å². The van der Waals surface area contributed by atoms with E-state index in [9.17, 15) is 4.79 Å². The third kappa shape index (κ3) is 2.78. The summed E-state index contributed by atoms with van der Waals surface area (Å²) in [6, 6.07) is 1.96. The molecule has 1 saturated heterocycles. The summed E-state index contributed by atoms with van der Waals surface area (Å²) in [6.07, 6.45) is 2.64. The Hall–Kier alpha value is -0.800. The Morgan fingerprint density at radius 1 is 1.28 bits per heavy atom. The van der Waals surface area contributed by atoms with Crippen molar-refractivity contribution in [1.82, 2.24) is 9.47 Å². The summed E-state index contributed by atoms with van der Waals surface area (Å²) >= 11 is 5.63. The highest BCUT2D eigenvalue weighted by Crippen LogP contribution is 2.17. The second-order valence-electron chi connectivity index (χ2n) is 5.04. The van der Waals surface area contributed by atoms with E-state index in [4.69, 9.17) is 11.6 Å². The minimum absolute atomic E-state index is 0.0252. The zero-order valence-corrected chi connectivity index (χ0v) is 12.0. The zero-order valence-electron chi connectivity index (χ0n) is 11.2. The Kier molecular flexibility index (Phi) is 4.46. The molecular weight excluding hydrogens is 248 g/mol. The molecule has 0 aliphatic carbocycles. The maximum Gasteiger partial charge on any atom is 0.179 e. The van der Waals surface area contributed by atoms with E-state index in [1.165, 1.54) is 25.9 Å². The van der Waals surface area contributed by atoms with Gasteiger partial charge in [0.15, 0.2) is 5.78 Å². The molecule has 2 heterocycles. The van der Waals surface area contributed by atoms with Crippen molar-refractivity contribution in [1.29, 1.82) is 0 Å². The van der Waals surface area contributed by atoms with Crippen LogP contribution < -0.4 is 0 Å². The van der Waals surface area contributed by atoms with Gasteiger partial charge in [0, 0.05) is 30.0 Å². The molecule has 1 aliphatic heterocycles. The number of likely N-dealkylation sites (tertiary alicyclic amines) is 1. The Morgan fingerprint density at radius 2 is 1.94 bits per heavy atom. The molecule has 3 nitrogen and oxygen atoms in total. The first-order valence-corrected chi connectivity index (χ1v) is 7.15. The topological polar surface area (TPSA) is 25.2 Å². The molecule has 1 aromatic rings. The number of alkyl halides is 1. The Bertz CT molecular complexity index is 433. The molecule has 0 bridgehead atoms. The maximum absolute atomic E-state index is 11.7. The first-order chi connectivity index (χ1) is 8.63. The Labute approximate surface area is 114 Å². The van der Waals surface area contributed by atoms with Gasteiger partial charge >= 0.3 is 0 Å². The first kappa shape index (κ1) is 13.6. The number of halogens is 1. The normalized spacial score (nSPS) is 16.4. The zero-order chi connectivity index (χ0) is 13.1. The monoisotopic (exact) mass is 268 g/mol. The fourth-order valence-corrected chi connectivity index (χ4v) is 2.89. The minimum atomic E-state index is 0.0252. The average Bonchev–Trinajstić information content (AvgIpc) is 2.96. The number of carbonyl (C=O) groups is 1. The van der Waals surface area contributed by atoms with Gasteiger partial charge in [0.25, 0.3) is 0 Å². The van der Waals surface area contributed by atoms with Crippen LogP contribution in [0.5, 0.6) is 0 Å². The van der Waals surface area contributed by atoms with Crippen LogP contribution in [0.1, 0.15) is 34.6 Å². The minimum Gasteiger partial charge on any atom is -0.347 e. The molecule has 0 atom stereocenters. The van der Waals surface area contributed by atoms with E-state index in [-0.39, 0.29) is 11.7 Å². The standard InChI is InChI=1S/C14H21ClN2O/c1-11-9-13(14(18)10-15)12(2)17(11)8-7-16-5-3-4-6-16/h9H,3-8,10H2,1-2H3. The number of nitrogens with zero attached hydrogens (tertiary/aromatic N) is 2. The second-order valence-corrected chi connectivity index (χ2v) is 5.31. The SMILES string of the molecule is Cc1cc(C(=O)CCl)c(C)n1CCN1CCCC1. The average molecular weight is 269 g/mol. The van der Waals surface area contributed by atoms with Crippen LogP contribution in [0.2, 0.25) is 0 Å². The molecule has 0 unspecified atom stereocenters. The van der Waals surface area contributed by atoms with Gasteiger partial charge in [-0.2, -0.15) is 0 Å². The molecule has 0 spiro atoms. The lowest BCUT2D eigenvalue weighted by molar-refractivity contribution is 0.102. The van der Waals surface area contributed by atoms with Crippen molar-refractivity contribution < 1.29 is 4.79 Å². The summed E-state index contributed by atoms with van der Waals surface area (Å²) in [5.74, 6) is 0.0911. The third-order valence-corrected chi connectivity index (χ3v) is 4.08. The largest absolute Gasteiger partial charge is 0.347 e. The summed E-state index contributed by atoms with van der Waals surface area (Å²) in [4.78, 5) is 14.2. The molecule has 100 valence electrons. The van der Waals surface area contributed by atoms with Crippen molar-refractivity contribution in [2.24, 2.45) is 0 Å². The third-order valence-electron chi connectivity index (χ3n) is 3.83. The van der Waals surface area contributed by atoms with Crippen LogP contribution in [0.25, 0.3) is 0 Å². The predicted molar refractivity (Wildman–Crippen MR) is 74.6 cm³/mol. The van der Waals surface area contributed by atoms with Crippen molar-refractivity contribution >= 4 is 17.4 Å². The molecular formula is C14H21ClN2O. The predicted octanol–water partition coefficient (Wildman–Crippen LogP) is 2.62. The number of carbonyl (C=O) groups excluding carboxylic acids is 1. The van der Waals surface area contributed by atoms with E-state index in [0.717, 1.165) is 30.0 Å². The molecule has 0 N–H and O–H groups in total. The van der Waals surface area contributed by atoms with Crippen LogP contribution in [0, 0.1) is 13.8 Å². The van der Waals surface area contributed by atoms with Crippen LogP contribution in [0.4, 0.5) is 0 Å². The van der Waals surface area contributed by atoms with Crippen molar-refractivity contribution in [3.8, 4) is 0 Å². The van der Waals surface area contributed by atoms with Crippen molar-refractivity contribution in [3.05, 3.63) is 23.0 Å². The quantitative estimate of drug-likeness (QED) is 0.606. The van der Waals surface area contributed by atoms with Crippen LogP contribution in [-0.4, -0.2) is 40.8 Å². The summed E-state index contributed by atoms with van der Waals surface area (Å²) < 4.78 is 2.23. The van der Waals surface area contributed by atoms with Gasteiger partial charge < -0.3 is 9.47 Å². The molecule has 4 heteroatoms. The van der Waals surface area contributed by atoms with Crippen molar-refractivity contribution in [2.45, 2.75) is 33.2 Å². The fraction of sp³-hybridized carbons (Fsp3) is 0.643. The molecule has 1 aromatic heterocycles. The van der Waals surface area contributed by atoms with E-state index >= 15 is 0 Å². The first-order valence-electron chi connectivity index (χ1n) is 6.61. The lowest BCUT2D eigenvalue weighted by atomic mass is 10.2. The van der Waals surface area contributed by atoms with Gasteiger partial charge in [-0.15, -0.1) is 11.6 Å². The van der Waals surface area contributed by atoms with Crippen LogP contribution in [-0.2, 0) is 6.54 Å². The number of hydrogen-bond donors (Lipinski definition) is 0. The molecule has 0 radical (unpaired) electrons. The van der Waals surface area contributed by atoms with E-state index in [1.807, 2.05) is 13.0 Å². The number of Topliss-reactive ketones (excluding diaryl/α,β-unsaturated/α-hetero) is 1. The van der Waals surface area contributed by atoms with E-state index in [2.05, 4.69) is 16.4 Å². The van der Waals surface area contributed by atoms with Gasteiger partial charge in [-0.25, -0.2) is 0 Å². The summed E-state index contributed by atoms with van der Waals surface area (Å²) in [6.45, 7) is 8.54. The van der Waals surface area contributed by atoms with Gasteiger partial charge in [0.2, 0.25) is 0 Å². The maximum atomic E-state index is 11.7. The summed E-state index contributed by atoms with van der Waals surface area (Å²) in [7, 11) is 0. The number of aryl methyl sites for hydroxylation is 1. The van der Waals surface area contributed by atoms with Gasteiger partial charge in [-0.05, 0) is 45.8 Å².